The monoisotopic (exact) mass is 142 g/mol. The third-order valence-electron chi connectivity index (χ3n) is 2.24. The molecule has 0 aliphatic rings. The summed E-state index contributed by atoms with van der Waals surface area (Å²) in [6, 6.07) is 0. The molecule has 0 amide bonds. The molecule has 0 unspecified atom stereocenters. The summed E-state index contributed by atoms with van der Waals surface area (Å²) in [5, 5.41) is 0. The summed E-state index contributed by atoms with van der Waals surface area (Å²) in [5.41, 5.74) is 0. The standard InChI is InChI=1S/C10H22/c1-4-7-9-10(6-3)8-5-2/h10H,4-9H2,1-3H3/t10-/m1/s1. The first-order valence-electron chi connectivity index (χ1n) is 4.85. The van der Waals surface area contributed by atoms with E-state index < -0.39 is 0 Å². The summed E-state index contributed by atoms with van der Waals surface area (Å²) in [4.78, 5) is 0. The fraction of sp³-hybridized carbons (Fsp3) is 1.00. The Balaban J connectivity index is 3.21. The second-order valence-electron chi connectivity index (χ2n) is 3.21. The van der Waals surface area contributed by atoms with Crippen molar-refractivity contribution in [2.24, 2.45) is 5.92 Å². The predicted molar refractivity (Wildman–Crippen MR) is 48.2 cm³/mol. The molecule has 0 aromatic rings. The van der Waals surface area contributed by atoms with Gasteiger partial charge in [0.15, 0.2) is 0 Å². The Morgan fingerprint density at radius 1 is 0.900 bits per heavy atom. The van der Waals surface area contributed by atoms with Crippen molar-refractivity contribution in [2.75, 3.05) is 0 Å². The highest BCUT2D eigenvalue weighted by Crippen LogP contribution is 2.17. The molecule has 0 saturated carbocycles. The Kier molecular flexibility index (Phi) is 7.11. The zero-order valence-electron chi connectivity index (χ0n) is 7.82. The van der Waals surface area contributed by atoms with Crippen LogP contribution in [0.5, 0.6) is 0 Å². The zero-order valence-corrected chi connectivity index (χ0v) is 7.82. The first-order valence-corrected chi connectivity index (χ1v) is 4.85. The molecular weight excluding hydrogens is 120 g/mol. The van der Waals surface area contributed by atoms with Gasteiger partial charge in [0.05, 0.1) is 0 Å². The van der Waals surface area contributed by atoms with Gasteiger partial charge in [-0.25, -0.2) is 0 Å². The molecule has 0 aromatic carbocycles. The quantitative estimate of drug-likeness (QED) is 0.526. The molecule has 0 radical (unpaired) electrons. The topological polar surface area (TPSA) is 0 Å². The van der Waals surface area contributed by atoms with Gasteiger partial charge in [-0.3, -0.25) is 0 Å². The maximum absolute atomic E-state index is 2.32. The van der Waals surface area contributed by atoms with Crippen molar-refractivity contribution in [3.8, 4) is 0 Å². The molecule has 0 saturated heterocycles. The predicted octanol–water partition coefficient (Wildman–Crippen LogP) is 4.00. The van der Waals surface area contributed by atoms with E-state index in [1.54, 1.807) is 0 Å². The molecular formula is C10H22. The summed E-state index contributed by atoms with van der Waals surface area (Å²) >= 11 is 0. The molecule has 0 heteroatoms. The zero-order chi connectivity index (χ0) is 7.82. The molecule has 0 heterocycles. The van der Waals surface area contributed by atoms with Crippen LogP contribution in [0.2, 0.25) is 0 Å². The fourth-order valence-electron chi connectivity index (χ4n) is 1.45. The van der Waals surface area contributed by atoms with Crippen molar-refractivity contribution < 1.29 is 0 Å². The minimum atomic E-state index is 1.02. The van der Waals surface area contributed by atoms with Crippen LogP contribution in [-0.4, -0.2) is 0 Å². The van der Waals surface area contributed by atoms with Gasteiger partial charge in [-0.1, -0.05) is 59.3 Å². The fourth-order valence-corrected chi connectivity index (χ4v) is 1.45. The van der Waals surface area contributed by atoms with Crippen LogP contribution in [0.1, 0.15) is 59.3 Å². The highest BCUT2D eigenvalue weighted by atomic mass is 14.1. The third-order valence-corrected chi connectivity index (χ3v) is 2.24. The van der Waals surface area contributed by atoms with Crippen LogP contribution in [0, 0.1) is 5.92 Å². The lowest BCUT2D eigenvalue weighted by atomic mass is 9.95. The Hall–Kier alpha value is 0. The van der Waals surface area contributed by atoms with Crippen LogP contribution >= 0.6 is 0 Å². The summed E-state index contributed by atoms with van der Waals surface area (Å²) in [6.07, 6.45) is 8.44. The smallest absolute Gasteiger partial charge is 0.0417 e. The van der Waals surface area contributed by atoms with Crippen molar-refractivity contribution in [1.29, 1.82) is 0 Å². The van der Waals surface area contributed by atoms with E-state index in [1.165, 1.54) is 38.5 Å². The maximum Gasteiger partial charge on any atom is -0.0417 e. The van der Waals surface area contributed by atoms with Gasteiger partial charge in [-0.05, 0) is 5.92 Å². The average Bonchev–Trinajstić information content (AvgIpc) is 1.98. The molecule has 0 rings (SSSR count). The molecule has 0 nitrogen and oxygen atoms in total. The van der Waals surface area contributed by atoms with Crippen LogP contribution in [-0.2, 0) is 0 Å². The van der Waals surface area contributed by atoms with E-state index in [1.807, 2.05) is 0 Å². The van der Waals surface area contributed by atoms with E-state index in [0.717, 1.165) is 5.92 Å². The van der Waals surface area contributed by atoms with Crippen molar-refractivity contribution in [1.82, 2.24) is 0 Å². The second-order valence-corrected chi connectivity index (χ2v) is 3.21. The van der Waals surface area contributed by atoms with Crippen molar-refractivity contribution in [2.45, 2.75) is 59.3 Å². The number of rotatable bonds is 6. The normalized spacial score (nSPS) is 13.5. The van der Waals surface area contributed by atoms with E-state index in [2.05, 4.69) is 20.8 Å². The summed E-state index contributed by atoms with van der Waals surface area (Å²) < 4.78 is 0. The lowest BCUT2D eigenvalue weighted by Gasteiger charge is -2.11. The van der Waals surface area contributed by atoms with Crippen LogP contribution in [0.4, 0.5) is 0 Å². The third kappa shape index (κ3) is 4.84. The molecule has 0 N–H and O–H groups in total. The molecule has 0 fully saturated rings. The highest BCUT2D eigenvalue weighted by Gasteiger charge is 2.02. The molecule has 1 atom stereocenters. The van der Waals surface area contributed by atoms with Gasteiger partial charge in [0.2, 0.25) is 0 Å². The van der Waals surface area contributed by atoms with E-state index in [0.29, 0.717) is 0 Å². The molecule has 0 aliphatic heterocycles. The van der Waals surface area contributed by atoms with Gasteiger partial charge < -0.3 is 0 Å². The second kappa shape index (κ2) is 7.11. The van der Waals surface area contributed by atoms with Gasteiger partial charge in [0.25, 0.3) is 0 Å². The van der Waals surface area contributed by atoms with E-state index in [4.69, 9.17) is 0 Å². The van der Waals surface area contributed by atoms with Crippen molar-refractivity contribution in [3.63, 3.8) is 0 Å². The van der Waals surface area contributed by atoms with Crippen LogP contribution < -0.4 is 0 Å². The Bertz CT molecular complexity index is 57.1. The van der Waals surface area contributed by atoms with Gasteiger partial charge in [-0.2, -0.15) is 0 Å². The van der Waals surface area contributed by atoms with Crippen LogP contribution in [0.15, 0.2) is 0 Å². The van der Waals surface area contributed by atoms with Gasteiger partial charge in [-0.15, -0.1) is 0 Å². The minimum Gasteiger partial charge on any atom is -0.0654 e. The molecule has 62 valence electrons. The number of unbranched alkanes of at least 4 members (excludes halogenated alkanes) is 1. The molecule has 0 spiro atoms. The summed E-state index contributed by atoms with van der Waals surface area (Å²) in [5.74, 6) is 1.02. The number of hydrogen-bond donors (Lipinski definition) is 0. The number of hydrogen-bond acceptors (Lipinski definition) is 0. The van der Waals surface area contributed by atoms with Crippen molar-refractivity contribution >= 4 is 0 Å². The van der Waals surface area contributed by atoms with Crippen molar-refractivity contribution in [3.05, 3.63) is 0 Å². The van der Waals surface area contributed by atoms with Gasteiger partial charge >= 0.3 is 0 Å². The van der Waals surface area contributed by atoms with E-state index >= 15 is 0 Å². The summed E-state index contributed by atoms with van der Waals surface area (Å²) in [6.45, 7) is 6.88. The Morgan fingerprint density at radius 3 is 2.00 bits per heavy atom. The maximum atomic E-state index is 2.32. The minimum absolute atomic E-state index is 1.02. The van der Waals surface area contributed by atoms with Crippen LogP contribution in [0.25, 0.3) is 0 Å². The SMILES string of the molecule is CCCC[C@H](CC)CCC. The lowest BCUT2D eigenvalue weighted by molar-refractivity contribution is 0.417. The highest BCUT2D eigenvalue weighted by molar-refractivity contribution is 4.55. The Labute approximate surface area is 66.0 Å². The van der Waals surface area contributed by atoms with E-state index in [-0.39, 0.29) is 0 Å². The first kappa shape index (κ1) is 10.0. The molecule has 0 aromatic heterocycles. The largest absolute Gasteiger partial charge is 0.0654 e. The Morgan fingerprint density at radius 2 is 1.60 bits per heavy atom. The molecule has 0 bridgehead atoms. The van der Waals surface area contributed by atoms with Crippen LogP contribution in [0.3, 0.4) is 0 Å². The average molecular weight is 142 g/mol. The van der Waals surface area contributed by atoms with Gasteiger partial charge in [0, 0.05) is 0 Å². The van der Waals surface area contributed by atoms with Gasteiger partial charge in [0.1, 0.15) is 0 Å². The summed E-state index contributed by atoms with van der Waals surface area (Å²) in [7, 11) is 0. The molecule has 10 heavy (non-hydrogen) atoms. The first-order chi connectivity index (χ1) is 4.85. The lowest BCUT2D eigenvalue weighted by Crippen LogP contribution is -1.97. The molecule has 0 aliphatic carbocycles. The van der Waals surface area contributed by atoms with E-state index in [9.17, 15) is 0 Å².